The summed E-state index contributed by atoms with van der Waals surface area (Å²) in [5, 5.41) is 3.25. The van der Waals surface area contributed by atoms with E-state index in [1.54, 1.807) is 24.4 Å². The van der Waals surface area contributed by atoms with Gasteiger partial charge in [-0.25, -0.2) is 4.98 Å². The molecular formula is C22H26N4O3S2. The number of rotatable bonds is 9. The van der Waals surface area contributed by atoms with Crippen LogP contribution >= 0.6 is 24.0 Å². The van der Waals surface area contributed by atoms with Crippen LogP contribution in [0.2, 0.25) is 0 Å². The molecular weight excluding hydrogens is 432 g/mol. The van der Waals surface area contributed by atoms with Crippen LogP contribution in [0.3, 0.4) is 0 Å². The van der Waals surface area contributed by atoms with Gasteiger partial charge in [-0.1, -0.05) is 36.1 Å². The number of hydrogen-bond acceptors (Lipinski definition) is 7. The summed E-state index contributed by atoms with van der Waals surface area (Å²) in [4.78, 5) is 32.6. The van der Waals surface area contributed by atoms with Gasteiger partial charge in [-0.2, -0.15) is 0 Å². The van der Waals surface area contributed by atoms with Gasteiger partial charge in [0.05, 0.1) is 16.6 Å². The lowest BCUT2D eigenvalue weighted by Crippen LogP contribution is -2.28. The maximum atomic E-state index is 13.3. The first-order chi connectivity index (χ1) is 14.8. The van der Waals surface area contributed by atoms with Crippen molar-refractivity contribution in [3.05, 3.63) is 57.4 Å². The molecule has 0 saturated carbocycles. The molecule has 1 N–H and O–H groups in total. The number of thiocarbonyl (C=S) groups is 1. The van der Waals surface area contributed by atoms with Crippen molar-refractivity contribution < 1.29 is 9.53 Å². The van der Waals surface area contributed by atoms with Crippen molar-refractivity contribution in [2.45, 2.75) is 33.3 Å². The topological polar surface area (TPSA) is 75.9 Å². The highest BCUT2D eigenvalue weighted by molar-refractivity contribution is 8.26. The van der Waals surface area contributed by atoms with Crippen LogP contribution in [0.15, 0.2) is 40.7 Å². The molecule has 0 bridgehead atoms. The monoisotopic (exact) mass is 458 g/mol. The van der Waals surface area contributed by atoms with Crippen molar-refractivity contribution >= 4 is 51.7 Å². The summed E-state index contributed by atoms with van der Waals surface area (Å²) < 4.78 is 7.52. The predicted molar refractivity (Wildman–Crippen MR) is 130 cm³/mol. The summed E-state index contributed by atoms with van der Waals surface area (Å²) in [7, 11) is 0. The highest BCUT2D eigenvalue weighted by Gasteiger charge is 2.31. The van der Waals surface area contributed by atoms with E-state index in [2.05, 4.69) is 11.9 Å². The molecule has 2 aromatic rings. The molecule has 0 unspecified atom stereocenters. The first kappa shape index (κ1) is 23.2. The molecule has 3 rings (SSSR count). The Bertz CT molecular complexity index is 1110. The number of ether oxygens (including phenoxy) is 1. The van der Waals surface area contributed by atoms with Gasteiger partial charge in [0.1, 0.15) is 15.8 Å². The zero-order valence-corrected chi connectivity index (χ0v) is 19.5. The minimum atomic E-state index is -0.247. The van der Waals surface area contributed by atoms with E-state index >= 15 is 0 Å². The minimum Gasteiger partial charge on any atom is -0.379 e. The van der Waals surface area contributed by atoms with E-state index in [4.69, 9.17) is 21.9 Å². The van der Waals surface area contributed by atoms with E-state index < -0.39 is 0 Å². The van der Waals surface area contributed by atoms with Gasteiger partial charge in [-0.15, -0.1) is 6.58 Å². The van der Waals surface area contributed by atoms with Crippen molar-refractivity contribution in [1.29, 1.82) is 0 Å². The largest absolute Gasteiger partial charge is 0.379 e. The summed E-state index contributed by atoms with van der Waals surface area (Å²) in [6.07, 6.45) is 5.81. The number of hydrogen-bond donors (Lipinski definition) is 1. The number of amides is 1. The molecule has 9 heteroatoms. The summed E-state index contributed by atoms with van der Waals surface area (Å²) in [6, 6.07) is 3.71. The maximum Gasteiger partial charge on any atom is 0.267 e. The van der Waals surface area contributed by atoms with Crippen molar-refractivity contribution in [3.8, 4) is 0 Å². The van der Waals surface area contributed by atoms with Crippen LogP contribution in [0.5, 0.6) is 0 Å². The molecule has 0 radical (unpaired) electrons. The number of aryl methyl sites for hydroxylation is 1. The maximum absolute atomic E-state index is 13.3. The van der Waals surface area contributed by atoms with Gasteiger partial charge >= 0.3 is 0 Å². The van der Waals surface area contributed by atoms with Gasteiger partial charge in [0, 0.05) is 25.9 Å². The minimum absolute atomic E-state index is 0.166. The third kappa shape index (κ3) is 5.23. The van der Waals surface area contributed by atoms with E-state index in [-0.39, 0.29) is 17.6 Å². The number of nitrogens with one attached hydrogen (secondary N) is 1. The van der Waals surface area contributed by atoms with Gasteiger partial charge in [0.15, 0.2) is 0 Å². The molecule has 1 saturated heterocycles. The van der Waals surface area contributed by atoms with Gasteiger partial charge < -0.3 is 10.1 Å². The molecule has 1 aliphatic rings. The van der Waals surface area contributed by atoms with Crippen molar-refractivity contribution in [1.82, 2.24) is 14.3 Å². The Morgan fingerprint density at radius 1 is 1.39 bits per heavy atom. The number of fused-ring (bicyclic) bond motifs is 1. The summed E-state index contributed by atoms with van der Waals surface area (Å²) in [5.41, 5.74) is 1.54. The molecule has 0 spiro atoms. The number of thioether (sulfide) groups is 1. The average Bonchev–Trinajstić information content (AvgIpc) is 2.98. The lowest BCUT2D eigenvalue weighted by Gasteiger charge is -2.13. The van der Waals surface area contributed by atoms with Gasteiger partial charge in [-0.3, -0.25) is 18.9 Å². The number of anilines is 1. The fourth-order valence-electron chi connectivity index (χ4n) is 3.09. The van der Waals surface area contributed by atoms with Crippen LogP contribution in [0, 0.1) is 6.92 Å². The number of pyridine rings is 1. The second kappa shape index (κ2) is 10.2. The molecule has 7 nitrogen and oxygen atoms in total. The zero-order valence-electron chi connectivity index (χ0n) is 17.9. The lowest BCUT2D eigenvalue weighted by molar-refractivity contribution is -0.121. The molecule has 3 heterocycles. The summed E-state index contributed by atoms with van der Waals surface area (Å²) in [6.45, 7) is 11.1. The normalized spacial score (nSPS) is 15.5. The van der Waals surface area contributed by atoms with Crippen LogP contribution in [-0.4, -0.2) is 50.3 Å². The molecule has 1 aliphatic heterocycles. The molecule has 1 fully saturated rings. The Kier molecular flexibility index (Phi) is 7.64. The van der Waals surface area contributed by atoms with Crippen molar-refractivity contribution in [3.63, 3.8) is 0 Å². The fourth-order valence-corrected chi connectivity index (χ4v) is 4.35. The smallest absolute Gasteiger partial charge is 0.267 e. The number of nitrogens with zero attached hydrogens (tertiary/aromatic N) is 3. The van der Waals surface area contributed by atoms with E-state index in [0.29, 0.717) is 46.0 Å². The highest BCUT2D eigenvalue weighted by atomic mass is 32.2. The molecule has 1 amide bonds. The summed E-state index contributed by atoms with van der Waals surface area (Å²) >= 11 is 6.48. The third-order valence-corrected chi connectivity index (χ3v) is 5.99. The van der Waals surface area contributed by atoms with Crippen LogP contribution in [-0.2, 0) is 9.53 Å². The van der Waals surface area contributed by atoms with E-state index in [9.17, 15) is 9.59 Å². The second-order valence-corrected chi connectivity index (χ2v) is 9.02. The Hall–Kier alpha value is -2.49. The quantitative estimate of drug-likeness (QED) is 0.266. The lowest BCUT2D eigenvalue weighted by atomic mass is 10.2. The molecule has 164 valence electrons. The molecule has 0 aromatic carbocycles. The van der Waals surface area contributed by atoms with Crippen LogP contribution in [0.1, 0.15) is 31.4 Å². The molecule has 0 atom stereocenters. The predicted octanol–water partition coefficient (Wildman–Crippen LogP) is 3.62. The van der Waals surface area contributed by atoms with Crippen LogP contribution < -0.4 is 10.9 Å². The number of carbonyl (C=O) groups excluding carboxylic acids is 1. The zero-order chi connectivity index (χ0) is 22.5. The van der Waals surface area contributed by atoms with Gasteiger partial charge in [0.25, 0.3) is 11.5 Å². The average molecular weight is 459 g/mol. The van der Waals surface area contributed by atoms with E-state index in [0.717, 1.165) is 12.0 Å². The fraction of sp³-hybridized carbons (Fsp3) is 0.364. The summed E-state index contributed by atoms with van der Waals surface area (Å²) in [5.74, 6) is 0.206. The Morgan fingerprint density at radius 2 is 2.16 bits per heavy atom. The van der Waals surface area contributed by atoms with Crippen LogP contribution in [0.25, 0.3) is 11.7 Å². The first-order valence-corrected chi connectivity index (χ1v) is 11.3. The highest BCUT2D eigenvalue weighted by Crippen LogP contribution is 2.33. The Balaban J connectivity index is 1.99. The Labute approximate surface area is 191 Å². The standard InChI is InChI=1S/C22H26N4O3S2/c1-5-10-26-21(28)17(31-22(26)30)13-16-18(23-9-7-12-29-14(2)3)24-19-15(4)8-6-11-25(19)20(16)27/h5-6,8,11,13-14,23H,1,7,9-10,12H2,2-4H3. The molecule has 0 aliphatic carbocycles. The number of aromatic nitrogens is 2. The van der Waals surface area contributed by atoms with Gasteiger partial charge in [0.2, 0.25) is 0 Å². The van der Waals surface area contributed by atoms with E-state index in [1.165, 1.54) is 21.1 Å². The first-order valence-electron chi connectivity index (χ1n) is 10.1. The van der Waals surface area contributed by atoms with Crippen molar-refractivity contribution in [2.24, 2.45) is 0 Å². The Morgan fingerprint density at radius 3 is 2.87 bits per heavy atom. The molecule has 2 aromatic heterocycles. The van der Waals surface area contributed by atoms with Crippen molar-refractivity contribution in [2.75, 3.05) is 25.0 Å². The second-order valence-electron chi connectivity index (χ2n) is 7.34. The third-order valence-electron chi connectivity index (χ3n) is 4.61. The SMILES string of the molecule is C=CCN1C(=O)C(=Cc2c(NCCCOC(C)C)nc3c(C)cccn3c2=O)SC1=S. The number of carbonyl (C=O) groups is 1. The van der Waals surface area contributed by atoms with Crippen LogP contribution in [0.4, 0.5) is 5.82 Å². The van der Waals surface area contributed by atoms with Gasteiger partial charge in [-0.05, 0) is 44.9 Å². The van der Waals surface area contributed by atoms with E-state index in [1.807, 2.05) is 26.8 Å². The molecule has 31 heavy (non-hydrogen) atoms.